The number of aliphatic imine (C=N–C) groups is 1. The predicted octanol–water partition coefficient (Wildman–Crippen LogP) is 4.50. The molecule has 2 aliphatic rings. The molecule has 2 aromatic heterocycles. The maximum atomic E-state index is 5.42. The quantitative estimate of drug-likeness (QED) is 0.325. The van der Waals surface area contributed by atoms with E-state index < -0.39 is 0 Å². The van der Waals surface area contributed by atoms with E-state index in [4.69, 9.17) is 14.4 Å². The number of hydrogen-bond acceptors (Lipinski definition) is 4. The van der Waals surface area contributed by atoms with Gasteiger partial charge >= 0.3 is 0 Å². The van der Waals surface area contributed by atoms with Crippen LogP contribution in [0.3, 0.4) is 0 Å². The molecular weight excluding hydrogens is 483 g/mol. The third kappa shape index (κ3) is 6.20. The summed E-state index contributed by atoms with van der Waals surface area (Å²) in [7, 11) is 0. The van der Waals surface area contributed by atoms with Crippen molar-refractivity contribution in [3.63, 3.8) is 0 Å². The van der Waals surface area contributed by atoms with Gasteiger partial charge in [0.25, 0.3) is 0 Å². The first-order chi connectivity index (χ1) is 13.4. The Hall–Kier alpha value is -1.09. The van der Waals surface area contributed by atoms with E-state index in [0.29, 0.717) is 6.04 Å². The molecule has 0 amide bonds. The summed E-state index contributed by atoms with van der Waals surface area (Å²) in [5, 5.41) is 8.36. The fraction of sp³-hybridized carbons (Fsp3) is 0.619. The average Bonchev–Trinajstić information content (AvgIpc) is 3.43. The number of nitrogens with zero attached hydrogens (tertiary/aromatic N) is 2. The van der Waals surface area contributed by atoms with E-state index in [0.717, 1.165) is 44.1 Å². The van der Waals surface area contributed by atoms with Crippen LogP contribution in [-0.2, 0) is 25.7 Å². The Balaban J connectivity index is 0.00000225. The number of aryl methyl sites for hydroxylation is 2. The van der Waals surface area contributed by atoms with E-state index in [9.17, 15) is 0 Å². The van der Waals surface area contributed by atoms with Gasteiger partial charge in [-0.2, -0.15) is 0 Å². The first-order valence-corrected chi connectivity index (χ1v) is 11.2. The highest BCUT2D eigenvalue weighted by atomic mass is 127. The number of nitrogens with one attached hydrogen (secondary N) is 2. The normalized spacial score (nSPS) is 17.2. The minimum Gasteiger partial charge on any atom is -0.469 e. The van der Waals surface area contributed by atoms with E-state index >= 15 is 0 Å². The van der Waals surface area contributed by atoms with Crippen molar-refractivity contribution in [2.24, 2.45) is 4.99 Å². The number of fused-ring (bicyclic) bond motifs is 1. The molecule has 0 bridgehead atoms. The van der Waals surface area contributed by atoms with E-state index in [1.165, 1.54) is 60.5 Å². The number of thiazole rings is 1. The molecule has 2 N–H and O–H groups in total. The maximum Gasteiger partial charge on any atom is 0.191 e. The highest BCUT2D eigenvalue weighted by Crippen LogP contribution is 2.26. The Morgan fingerprint density at radius 2 is 2.04 bits per heavy atom. The van der Waals surface area contributed by atoms with Crippen molar-refractivity contribution in [1.29, 1.82) is 0 Å². The van der Waals surface area contributed by atoms with Crippen molar-refractivity contribution in [1.82, 2.24) is 15.6 Å². The van der Waals surface area contributed by atoms with Crippen LogP contribution in [0.4, 0.5) is 0 Å². The van der Waals surface area contributed by atoms with Gasteiger partial charge in [0, 0.05) is 36.9 Å². The number of rotatable bonds is 7. The Morgan fingerprint density at radius 1 is 1.18 bits per heavy atom. The predicted molar refractivity (Wildman–Crippen MR) is 126 cm³/mol. The molecule has 4 rings (SSSR count). The third-order valence-electron chi connectivity index (χ3n) is 5.43. The Labute approximate surface area is 188 Å². The standard InChI is InChI=1S/C21H30N4OS.HI/c1-2-7-16(6-1)24-21(22-13-11-17-8-5-15-26-17)23-14-12-20-25-18-9-3-4-10-19(18)27-20;/h5,8,15-16H,1-4,6-7,9-14H2,(H2,22,23,24);1H. The summed E-state index contributed by atoms with van der Waals surface area (Å²) < 4.78 is 5.42. The number of furan rings is 1. The second-order valence-electron chi connectivity index (χ2n) is 7.55. The second-order valence-corrected chi connectivity index (χ2v) is 8.71. The van der Waals surface area contributed by atoms with Gasteiger partial charge < -0.3 is 15.1 Å². The van der Waals surface area contributed by atoms with Crippen LogP contribution in [0.5, 0.6) is 0 Å². The SMILES string of the molecule is I.c1coc(CCNC(=NCCc2nc3c(s2)CCCC3)NC2CCCC2)c1. The maximum absolute atomic E-state index is 5.42. The van der Waals surface area contributed by atoms with Gasteiger partial charge in [0.2, 0.25) is 0 Å². The Kier molecular flexibility index (Phi) is 8.64. The zero-order valence-electron chi connectivity index (χ0n) is 16.4. The van der Waals surface area contributed by atoms with Crippen molar-refractivity contribution >= 4 is 41.3 Å². The van der Waals surface area contributed by atoms with E-state index in [-0.39, 0.29) is 24.0 Å². The number of halogens is 1. The van der Waals surface area contributed by atoms with Crippen molar-refractivity contribution in [2.45, 2.75) is 70.3 Å². The van der Waals surface area contributed by atoms with E-state index in [2.05, 4.69) is 10.6 Å². The smallest absolute Gasteiger partial charge is 0.191 e. The van der Waals surface area contributed by atoms with E-state index in [1.807, 2.05) is 23.5 Å². The van der Waals surface area contributed by atoms with Crippen LogP contribution < -0.4 is 10.6 Å². The summed E-state index contributed by atoms with van der Waals surface area (Å²) in [6.07, 6.45) is 13.7. The molecule has 5 nitrogen and oxygen atoms in total. The highest BCUT2D eigenvalue weighted by Gasteiger charge is 2.17. The van der Waals surface area contributed by atoms with Crippen LogP contribution in [0, 0.1) is 0 Å². The minimum absolute atomic E-state index is 0. The molecule has 0 saturated heterocycles. The van der Waals surface area contributed by atoms with Crippen LogP contribution in [0.2, 0.25) is 0 Å². The van der Waals surface area contributed by atoms with Gasteiger partial charge in [-0.3, -0.25) is 4.99 Å². The summed E-state index contributed by atoms with van der Waals surface area (Å²) in [4.78, 5) is 11.2. The van der Waals surface area contributed by atoms with Crippen molar-refractivity contribution in [3.8, 4) is 0 Å². The highest BCUT2D eigenvalue weighted by molar-refractivity contribution is 14.0. The molecule has 1 fully saturated rings. The lowest BCUT2D eigenvalue weighted by atomic mass is 10.0. The molecule has 28 heavy (non-hydrogen) atoms. The minimum atomic E-state index is 0. The molecule has 2 heterocycles. The lowest BCUT2D eigenvalue weighted by molar-refractivity contribution is 0.506. The first-order valence-electron chi connectivity index (χ1n) is 10.4. The van der Waals surface area contributed by atoms with Crippen LogP contribution in [0.25, 0.3) is 0 Å². The summed E-state index contributed by atoms with van der Waals surface area (Å²) in [5.41, 5.74) is 1.35. The molecule has 1 saturated carbocycles. The second kappa shape index (κ2) is 11.2. The Bertz CT molecular complexity index is 714. The molecule has 0 unspecified atom stereocenters. The molecule has 0 aromatic carbocycles. The van der Waals surface area contributed by atoms with Crippen molar-refractivity contribution < 1.29 is 4.42 Å². The lowest BCUT2D eigenvalue weighted by Gasteiger charge is -2.17. The van der Waals surface area contributed by atoms with Crippen LogP contribution in [0.1, 0.15) is 59.9 Å². The topological polar surface area (TPSA) is 62.5 Å². The zero-order valence-corrected chi connectivity index (χ0v) is 19.6. The number of aromatic nitrogens is 1. The summed E-state index contributed by atoms with van der Waals surface area (Å²) in [6, 6.07) is 4.52. The molecule has 154 valence electrons. The molecular formula is C21H31IN4OS. The monoisotopic (exact) mass is 514 g/mol. The summed E-state index contributed by atoms with van der Waals surface area (Å²) >= 11 is 1.90. The first kappa shape index (κ1) is 21.6. The van der Waals surface area contributed by atoms with Gasteiger partial charge in [0.1, 0.15) is 5.76 Å². The van der Waals surface area contributed by atoms with Crippen molar-refractivity contribution in [3.05, 3.63) is 39.7 Å². The summed E-state index contributed by atoms with van der Waals surface area (Å²) in [5.74, 6) is 1.95. The molecule has 7 heteroatoms. The molecule has 0 spiro atoms. The number of hydrogen-bond donors (Lipinski definition) is 2. The largest absolute Gasteiger partial charge is 0.469 e. The van der Waals surface area contributed by atoms with Crippen molar-refractivity contribution in [2.75, 3.05) is 13.1 Å². The lowest BCUT2D eigenvalue weighted by Crippen LogP contribution is -2.43. The van der Waals surface area contributed by atoms with Gasteiger partial charge in [-0.05, 0) is 50.7 Å². The number of guanidine groups is 1. The van der Waals surface area contributed by atoms with Crippen LogP contribution in [-0.4, -0.2) is 30.1 Å². The third-order valence-corrected chi connectivity index (χ3v) is 6.64. The average molecular weight is 514 g/mol. The van der Waals surface area contributed by atoms with Gasteiger partial charge in [-0.25, -0.2) is 4.98 Å². The van der Waals surface area contributed by atoms with Gasteiger partial charge in [-0.1, -0.05) is 12.8 Å². The fourth-order valence-corrected chi connectivity index (χ4v) is 5.10. The van der Waals surface area contributed by atoms with Crippen LogP contribution in [0.15, 0.2) is 27.8 Å². The molecule has 2 aliphatic carbocycles. The molecule has 0 aliphatic heterocycles. The molecule has 0 radical (unpaired) electrons. The van der Waals surface area contributed by atoms with E-state index in [1.54, 1.807) is 6.26 Å². The fourth-order valence-electron chi connectivity index (χ4n) is 3.95. The Morgan fingerprint density at radius 3 is 2.82 bits per heavy atom. The van der Waals surface area contributed by atoms with Gasteiger partial charge in [-0.15, -0.1) is 35.3 Å². The molecule has 0 atom stereocenters. The zero-order chi connectivity index (χ0) is 18.3. The van der Waals surface area contributed by atoms with Crippen LogP contribution >= 0.6 is 35.3 Å². The van der Waals surface area contributed by atoms with Gasteiger partial charge in [0.15, 0.2) is 5.96 Å². The van der Waals surface area contributed by atoms with Gasteiger partial charge in [0.05, 0.1) is 17.0 Å². The molecule has 2 aromatic rings. The summed E-state index contributed by atoms with van der Waals surface area (Å²) in [6.45, 7) is 1.62.